The zero-order valence-corrected chi connectivity index (χ0v) is 12.9. The van der Waals surface area contributed by atoms with E-state index < -0.39 is 0 Å². The van der Waals surface area contributed by atoms with Gasteiger partial charge in [-0.25, -0.2) is 4.68 Å². The molecule has 21 heavy (non-hydrogen) atoms. The van der Waals surface area contributed by atoms with Gasteiger partial charge in [0, 0.05) is 19.3 Å². The molecule has 1 aliphatic rings. The van der Waals surface area contributed by atoms with Crippen LogP contribution in [0.1, 0.15) is 18.9 Å². The summed E-state index contributed by atoms with van der Waals surface area (Å²) in [4.78, 5) is 14.6. The highest BCUT2D eigenvalue weighted by atomic mass is 32.2. The van der Waals surface area contributed by atoms with Gasteiger partial charge in [0.05, 0.1) is 5.25 Å². The van der Waals surface area contributed by atoms with Gasteiger partial charge >= 0.3 is 0 Å². The summed E-state index contributed by atoms with van der Waals surface area (Å²) in [6.07, 6.45) is 2.04. The van der Waals surface area contributed by atoms with Crippen molar-refractivity contribution >= 4 is 23.4 Å². The standard InChI is InChI=1S/C14H17N5OS/c1-10(21-14-15-16-17-18(14)2)13(20)19-9-5-7-11-6-3-4-8-12(11)19/h3-4,6,8,10H,5,7,9H2,1-2H3. The number of carbonyl (C=O) groups is 1. The first-order valence-corrected chi connectivity index (χ1v) is 7.83. The monoisotopic (exact) mass is 303 g/mol. The zero-order chi connectivity index (χ0) is 14.8. The molecule has 0 spiro atoms. The molecule has 1 atom stereocenters. The number of tetrazole rings is 1. The van der Waals surface area contributed by atoms with Crippen LogP contribution >= 0.6 is 11.8 Å². The summed E-state index contributed by atoms with van der Waals surface area (Å²) in [5.41, 5.74) is 2.28. The number of hydrogen-bond acceptors (Lipinski definition) is 5. The van der Waals surface area contributed by atoms with Gasteiger partial charge in [-0.05, 0) is 41.8 Å². The number of amides is 1. The van der Waals surface area contributed by atoms with E-state index in [1.807, 2.05) is 30.0 Å². The Morgan fingerprint density at radius 1 is 1.38 bits per heavy atom. The molecule has 1 aromatic carbocycles. The Balaban J connectivity index is 1.78. The van der Waals surface area contributed by atoms with Gasteiger partial charge in [-0.1, -0.05) is 30.0 Å². The first-order chi connectivity index (χ1) is 10.2. The second kappa shape index (κ2) is 5.85. The fourth-order valence-corrected chi connectivity index (χ4v) is 3.33. The topological polar surface area (TPSA) is 63.9 Å². The predicted molar refractivity (Wildman–Crippen MR) is 81.2 cm³/mol. The van der Waals surface area contributed by atoms with Crippen LogP contribution < -0.4 is 4.90 Å². The SMILES string of the molecule is CC(Sc1nnnn1C)C(=O)N1CCCc2ccccc21. The highest BCUT2D eigenvalue weighted by molar-refractivity contribution is 8.00. The van der Waals surface area contributed by atoms with Crippen molar-refractivity contribution < 1.29 is 4.79 Å². The molecule has 1 unspecified atom stereocenters. The van der Waals surface area contributed by atoms with Gasteiger partial charge in [-0.3, -0.25) is 4.79 Å². The second-order valence-electron chi connectivity index (χ2n) is 5.07. The van der Waals surface area contributed by atoms with Crippen molar-refractivity contribution in [2.75, 3.05) is 11.4 Å². The van der Waals surface area contributed by atoms with Gasteiger partial charge in [0.1, 0.15) is 0 Å². The third-order valence-corrected chi connectivity index (χ3v) is 4.70. The number of hydrogen-bond donors (Lipinski definition) is 0. The summed E-state index contributed by atoms with van der Waals surface area (Å²) in [5, 5.41) is 11.7. The normalized spacial score (nSPS) is 15.6. The number of rotatable bonds is 3. The van der Waals surface area contributed by atoms with Crippen molar-refractivity contribution in [2.24, 2.45) is 7.05 Å². The van der Waals surface area contributed by atoms with E-state index in [0.717, 1.165) is 25.1 Å². The van der Waals surface area contributed by atoms with Gasteiger partial charge < -0.3 is 4.90 Å². The Morgan fingerprint density at radius 3 is 2.95 bits per heavy atom. The van der Waals surface area contributed by atoms with Crippen LogP contribution in [0.4, 0.5) is 5.69 Å². The molecule has 0 N–H and O–H groups in total. The van der Waals surface area contributed by atoms with E-state index in [-0.39, 0.29) is 11.2 Å². The third-order valence-electron chi connectivity index (χ3n) is 3.59. The number of benzene rings is 1. The third kappa shape index (κ3) is 2.78. The molecule has 0 saturated carbocycles. The molecule has 0 saturated heterocycles. The Kier molecular flexibility index (Phi) is 3.92. The second-order valence-corrected chi connectivity index (χ2v) is 6.38. The summed E-state index contributed by atoms with van der Waals surface area (Å²) < 4.78 is 1.58. The Labute approximate surface area is 127 Å². The number of aryl methyl sites for hydroxylation is 2. The molecule has 0 bridgehead atoms. The maximum atomic E-state index is 12.7. The Hall–Kier alpha value is -1.89. The molecule has 1 aliphatic heterocycles. The minimum absolute atomic E-state index is 0.107. The molecule has 7 heteroatoms. The van der Waals surface area contributed by atoms with Crippen LogP contribution in [0.5, 0.6) is 0 Å². The summed E-state index contributed by atoms with van der Waals surface area (Å²) in [7, 11) is 1.77. The van der Waals surface area contributed by atoms with Crippen LogP contribution in [0.3, 0.4) is 0 Å². The van der Waals surface area contributed by atoms with Crippen molar-refractivity contribution in [2.45, 2.75) is 30.2 Å². The highest BCUT2D eigenvalue weighted by Gasteiger charge is 2.27. The molecule has 2 heterocycles. The van der Waals surface area contributed by atoms with Gasteiger partial charge in [0.2, 0.25) is 11.1 Å². The van der Waals surface area contributed by atoms with Crippen LogP contribution in [0, 0.1) is 0 Å². The minimum Gasteiger partial charge on any atom is -0.311 e. The molecule has 3 rings (SSSR count). The number of carbonyl (C=O) groups excluding carboxylic acids is 1. The number of para-hydroxylation sites is 1. The molecule has 0 radical (unpaired) electrons. The van der Waals surface area contributed by atoms with Crippen LogP contribution in [0.25, 0.3) is 0 Å². The number of aromatic nitrogens is 4. The molecular formula is C14H17N5OS. The lowest BCUT2D eigenvalue weighted by atomic mass is 10.0. The maximum Gasteiger partial charge on any atom is 0.240 e. The quantitative estimate of drug-likeness (QED) is 0.807. The molecule has 2 aromatic rings. The maximum absolute atomic E-state index is 12.7. The Bertz CT molecular complexity index is 656. The molecular weight excluding hydrogens is 286 g/mol. The van der Waals surface area contributed by atoms with Crippen molar-refractivity contribution in [3.05, 3.63) is 29.8 Å². The van der Waals surface area contributed by atoms with Crippen molar-refractivity contribution in [3.8, 4) is 0 Å². The number of anilines is 1. The molecule has 6 nitrogen and oxygen atoms in total. The van der Waals surface area contributed by atoms with E-state index in [0.29, 0.717) is 5.16 Å². The van der Waals surface area contributed by atoms with Crippen molar-refractivity contribution in [1.82, 2.24) is 20.2 Å². The van der Waals surface area contributed by atoms with Crippen molar-refractivity contribution in [1.29, 1.82) is 0 Å². The number of fused-ring (bicyclic) bond motifs is 1. The number of nitrogens with zero attached hydrogens (tertiary/aromatic N) is 5. The minimum atomic E-state index is -0.221. The van der Waals surface area contributed by atoms with Crippen LogP contribution in [-0.2, 0) is 18.3 Å². The first kappa shape index (κ1) is 14.1. The lowest BCUT2D eigenvalue weighted by Crippen LogP contribution is -2.40. The van der Waals surface area contributed by atoms with E-state index in [9.17, 15) is 4.79 Å². The van der Waals surface area contributed by atoms with Gasteiger partial charge in [-0.2, -0.15) is 0 Å². The van der Waals surface area contributed by atoms with E-state index in [4.69, 9.17) is 0 Å². The van der Waals surface area contributed by atoms with E-state index >= 15 is 0 Å². The van der Waals surface area contributed by atoms with E-state index in [1.165, 1.54) is 17.3 Å². The molecule has 110 valence electrons. The lowest BCUT2D eigenvalue weighted by Gasteiger charge is -2.31. The zero-order valence-electron chi connectivity index (χ0n) is 12.1. The first-order valence-electron chi connectivity index (χ1n) is 6.95. The van der Waals surface area contributed by atoms with Crippen LogP contribution in [0.15, 0.2) is 29.4 Å². The van der Waals surface area contributed by atoms with E-state index in [1.54, 1.807) is 11.7 Å². The summed E-state index contributed by atoms with van der Waals surface area (Å²) in [6, 6.07) is 8.12. The molecule has 0 fully saturated rings. The van der Waals surface area contributed by atoms with Gasteiger partial charge in [-0.15, -0.1) is 5.10 Å². The molecule has 1 amide bonds. The fourth-order valence-electron chi connectivity index (χ4n) is 2.51. The van der Waals surface area contributed by atoms with Crippen LogP contribution in [-0.4, -0.2) is 37.9 Å². The van der Waals surface area contributed by atoms with Crippen molar-refractivity contribution in [3.63, 3.8) is 0 Å². The molecule has 1 aromatic heterocycles. The highest BCUT2D eigenvalue weighted by Crippen LogP contribution is 2.30. The summed E-state index contributed by atoms with van der Waals surface area (Å²) >= 11 is 1.39. The summed E-state index contributed by atoms with van der Waals surface area (Å²) in [5.74, 6) is 0.107. The van der Waals surface area contributed by atoms with Crippen LogP contribution in [0.2, 0.25) is 0 Å². The smallest absolute Gasteiger partial charge is 0.240 e. The fraction of sp³-hybridized carbons (Fsp3) is 0.429. The van der Waals surface area contributed by atoms with Gasteiger partial charge in [0.15, 0.2) is 0 Å². The predicted octanol–water partition coefficient (Wildman–Crippen LogP) is 1.67. The largest absolute Gasteiger partial charge is 0.311 e. The Morgan fingerprint density at radius 2 is 2.19 bits per heavy atom. The average Bonchev–Trinajstić information content (AvgIpc) is 2.91. The van der Waals surface area contributed by atoms with E-state index in [2.05, 4.69) is 21.6 Å². The average molecular weight is 303 g/mol. The molecule has 0 aliphatic carbocycles. The lowest BCUT2D eigenvalue weighted by molar-refractivity contribution is -0.117. The number of thioether (sulfide) groups is 1. The van der Waals surface area contributed by atoms with Gasteiger partial charge in [0.25, 0.3) is 0 Å². The summed E-state index contributed by atoms with van der Waals surface area (Å²) in [6.45, 7) is 2.68.